The van der Waals surface area contributed by atoms with Gasteiger partial charge in [-0.1, -0.05) is 6.08 Å². The van der Waals surface area contributed by atoms with Crippen molar-refractivity contribution in [3.05, 3.63) is 23.4 Å². The van der Waals surface area contributed by atoms with Gasteiger partial charge in [-0.3, -0.25) is 4.79 Å². The Balaban J connectivity index is 1.90. The molecule has 2 rings (SSSR count). The molecule has 0 fully saturated rings. The summed E-state index contributed by atoms with van der Waals surface area (Å²) < 4.78 is 0. The predicted octanol–water partition coefficient (Wildman–Crippen LogP) is 0.754. The van der Waals surface area contributed by atoms with Crippen LogP contribution in [0.4, 0.5) is 0 Å². The van der Waals surface area contributed by atoms with Crippen molar-refractivity contribution >= 4 is 5.97 Å². The zero-order valence-electron chi connectivity index (χ0n) is 8.57. The van der Waals surface area contributed by atoms with Crippen molar-refractivity contribution in [2.24, 2.45) is 5.73 Å². The van der Waals surface area contributed by atoms with Gasteiger partial charge in [0.2, 0.25) is 0 Å². The molecule has 4 nitrogen and oxygen atoms in total. The van der Waals surface area contributed by atoms with Crippen LogP contribution < -0.4 is 11.1 Å². The number of nitrogens with two attached hydrogens (primary N) is 1. The Kier molecular flexibility index (Phi) is 2.77. The van der Waals surface area contributed by atoms with Crippen LogP contribution in [-0.2, 0) is 4.79 Å². The van der Waals surface area contributed by atoms with Crippen molar-refractivity contribution in [1.29, 1.82) is 0 Å². The second-order valence-electron chi connectivity index (χ2n) is 4.18. The first-order chi connectivity index (χ1) is 7.16. The summed E-state index contributed by atoms with van der Waals surface area (Å²) in [6.07, 6.45) is 7.86. The van der Waals surface area contributed by atoms with Gasteiger partial charge < -0.3 is 16.2 Å². The average Bonchev–Trinajstić information content (AvgIpc) is 2.59. The van der Waals surface area contributed by atoms with E-state index in [9.17, 15) is 4.79 Å². The highest BCUT2D eigenvalue weighted by molar-refractivity contribution is 5.73. The standard InChI is InChI=1S/C11H16N2O2/c12-9(11(14)15)6-8-5-7-3-1-2-4-10(7)13-8/h2,4,8-9,13H,1,3,5-6,12H2,(H,14,15)/t8?,9-/m0/s1. The van der Waals surface area contributed by atoms with Crippen molar-refractivity contribution in [2.75, 3.05) is 0 Å². The van der Waals surface area contributed by atoms with Gasteiger partial charge in [-0.25, -0.2) is 0 Å². The smallest absolute Gasteiger partial charge is 0.320 e. The molecule has 15 heavy (non-hydrogen) atoms. The van der Waals surface area contributed by atoms with Crippen LogP contribution in [0.25, 0.3) is 0 Å². The lowest BCUT2D eigenvalue weighted by Gasteiger charge is -2.14. The van der Waals surface area contributed by atoms with Crippen LogP contribution in [0, 0.1) is 0 Å². The molecular formula is C11H16N2O2. The lowest BCUT2D eigenvalue weighted by atomic mass is 9.98. The first kappa shape index (κ1) is 10.2. The monoisotopic (exact) mass is 208 g/mol. The van der Waals surface area contributed by atoms with Crippen molar-refractivity contribution in [1.82, 2.24) is 5.32 Å². The van der Waals surface area contributed by atoms with E-state index in [0.29, 0.717) is 6.42 Å². The maximum absolute atomic E-state index is 10.6. The molecule has 4 N–H and O–H groups in total. The van der Waals surface area contributed by atoms with Gasteiger partial charge in [0.1, 0.15) is 6.04 Å². The zero-order chi connectivity index (χ0) is 10.8. The Morgan fingerprint density at radius 2 is 2.53 bits per heavy atom. The van der Waals surface area contributed by atoms with Crippen molar-refractivity contribution < 1.29 is 9.90 Å². The van der Waals surface area contributed by atoms with E-state index in [1.54, 1.807) is 0 Å². The van der Waals surface area contributed by atoms with E-state index < -0.39 is 12.0 Å². The van der Waals surface area contributed by atoms with E-state index in [0.717, 1.165) is 19.3 Å². The van der Waals surface area contributed by atoms with Gasteiger partial charge in [0.25, 0.3) is 0 Å². The summed E-state index contributed by atoms with van der Waals surface area (Å²) in [4.78, 5) is 10.6. The summed E-state index contributed by atoms with van der Waals surface area (Å²) in [6.45, 7) is 0. The SMILES string of the molecule is N[C@@H](CC1CC2=C(C=CCC2)N1)C(=O)O. The van der Waals surface area contributed by atoms with Crippen LogP contribution in [0.1, 0.15) is 25.7 Å². The lowest BCUT2D eigenvalue weighted by Crippen LogP contribution is -2.37. The first-order valence-corrected chi connectivity index (χ1v) is 5.30. The molecule has 1 unspecified atom stereocenters. The molecule has 0 saturated carbocycles. The Morgan fingerprint density at radius 1 is 1.73 bits per heavy atom. The first-order valence-electron chi connectivity index (χ1n) is 5.30. The van der Waals surface area contributed by atoms with E-state index in [1.165, 1.54) is 11.3 Å². The van der Waals surface area contributed by atoms with Gasteiger partial charge in [0.15, 0.2) is 0 Å². The summed E-state index contributed by atoms with van der Waals surface area (Å²) in [5.74, 6) is -0.919. The molecule has 2 atom stereocenters. The molecule has 2 aliphatic rings. The fourth-order valence-electron chi connectivity index (χ4n) is 2.19. The number of carbonyl (C=O) groups is 1. The third-order valence-electron chi connectivity index (χ3n) is 2.99. The van der Waals surface area contributed by atoms with Crippen molar-refractivity contribution in [3.63, 3.8) is 0 Å². The van der Waals surface area contributed by atoms with Crippen molar-refractivity contribution in [3.8, 4) is 0 Å². The van der Waals surface area contributed by atoms with E-state index in [2.05, 4.69) is 17.5 Å². The number of rotatable bonds is 3. The van der Waals surface area contributed by atoms with Crippen LogP contribution in [0.2, 0.25) is 0 Å². The fraction of sp³-hybridized carbons (Fsp3) is 0.545. The Labute approximate surface area is 88.8 Å². The molecule has 0 aromatic heterocycles. The molecule has 0 aromatic rings. The summed E-state index contributed by atoms with van der Waals surface area (Å²) >= 11 is 0. The topological polar surface area (TPSA) is 75.3 Å². The number of hydrogen-bond donors (Lipinski definition) is 3. The van der Waals surface area contributed by atoms with Gasteiger partial charge in [0, 0.05) is 11.7 Å². The van der Waals surface area contributed by atoms with Crippen LogP contribution in [0.3, 0.4) is 0 Å². The van der Waals surface area contributed by atoms with Gasteiger partial charge in [0.05, 0.1) is 0 Å². The number of aliphatic carboxylic acids is 1. The molecule has 0 saturated heterocycles. The maximum Gasteiger partial charge on any atom is 0.320 e. The quantitative estimate of drug-likeness (QED) is 0.640. The number of hydrogen-bond acceptors (Lipinski definition) is 3. The van der Waals surface area contributed by atoms with E-state index in [4.69, 9.17) is 10.8 Å². The Bertz CT molecular complexity index is 333. The molecule has 1 aliphatic heterocycles. The largest absolute Gasteiger partial charge is 0.480 e. The predicted molar refractivity (Wildman–Crippen MR) is 57.2 cm³/mol. The van der Waals surface area contributed by atoms with E-state index in [1.807, 2.05) is 0 Å². The maximum atomic E-state index is 10.6. The van der Waals surface area contributed by atoms with Gasteiger partial charge in [-0.2, -0.15) is 0 Å². The van der Waals surface area contributed by atoms with Gasteiger partial charge >= 0.3 is 5.97 Å². The summed E-state index contributed by atoms with van der Waals surface area (Å²) in [6, 6.07) is -0.559. The molecule has 0 bridgehead atoms. The van der Waals surface area contributed by atoms with Crippen LogP contribution in [0.15, 0.2) is 23.4 Å². The highest BCUT2D eigenvalue weighted by atomic mass is 16.4. The minimum atomic E-state index is -0.919. The minimum absolute atomic E-state index is 0.198. The molecule has 0 radical (unpaired) electrons. The van der Waals surface area contributed by atoms with Crippen LogP contribution in [0.5, 0.6) is 0 Å². The number of carboxylic acids is 1. The van der Waals surface area contributed by atoms with Crippen LogP contribution >= 0.6 is 0 Å². The van der Waals surface area contributed by atoms with Gasteiger partial charge in [-0.05, 0) is 37.3 Å². The third-order valence-corrected chi connectivity index (χ3v) is 2.99. The zero-order valence-corrected chi connectivity index (χ0v) is 8.57. The highest BCUT2D eigenvalue weighted by Crippen LogP contribution is 2.28. The number of carboxylic acid groups (broad SMARTS) is 1. The Hall–Kier alpha value is -1.29. The van der Waals surface area contributed by atoms with Crippen molar-refractivity contribution in [2.45, 2.75) is 37.8 Å². The minimum Gasteiger partial charge on any atom is -0.480 e. The second-order valence-corrected chi connectivity index (χ2v) is 4.18. The fourth-order valence-corrected chi connectivity index (χ4v) is 2.19. The third kappa shape index (κ3) is 2.21. The van der Waals surface area contributed by atoms with E-state index in [-0.39, 0.29) is 6.04 Å². The second kappa shape index (κ2) is 4.06. The molecule has 82 valence electrons. The molecule has 1 heterocycles. The normalized spacial score (nSPS) is 26.1. The summed E-state index contributed by atoms with van der Waals surface area (Å²) in [5, 5.41) is 12.0. The lowest BCUT2D eigenvalue weighted by molar-refractivity contribution is -0.138. The van der Waals surface area contributed by atoms with Gasteiger partial charge in [-0.15, -0.1) is 0 Å². The molecule has 0 aromatic carbocycles. The average molecular weight is 208 g/mol. The number of nitrogens with one attached hydrogen (secondary N) is 1. The summed E-state index contributed by atoms with van der Waals surface area (Å²) in [7, 11) is 0. The Morgan fingerprint density at radius 3 is 3.20 bits per heavy atom. The molecule has 0 amide bonds. The summed E-state index contributed by atoms with van der Waals surface area (Å²) in [5.41, 5.74) is 8.11. The molecule has 4 heteroatoms. The van der Waals surface area contributed by atoms with Crippen LogP contribution in [-0.4, -0.2) is 23.2 Å². The number of allylic oxidation sites excluding steroid dienone is 2. The molecule has 1 aliphatic carbocycles. The highest BCUT2D eigenvalue weighted by Gasteiger charge is 2.26. The molecular weight excluding hydrogens is 192 g/mol. The molecule has 0 spiro atoms. The van der Waals surface area contributed by atoms with E-state index >= 15 is 0 Å².